The van der Waals surface area contributed by atoms with E-state index in [0.29, 0.717) is 52.0 Å². The summed E-state index contributed by atoms with van der Waals surface area (Å²) in [5.74, 6) is -0.376. The van der Waals surface area contributed by atoms with Crippen LogP contribution in [0.15, 0.2) is 11.6 Å². The van der Waals surface area contributed by atoms with Crippen molar-refractivity contribution in [3.63, 3.8) is 0 Å². The van der Waals surface area contributed by atoms with E-state index >= 15 is 0 Å². The van der Waals surface area contributed by atoms with E-state index in [1.165, 1.54) is 5.57 Å². The van der Waals surface area contributed by atoms with Gasteiger partial charge in [0.15, 0.2) is 0 Å². The van der Waals surface area contributed by atoms with Gasteiger partial charge in [-0.15, -0.1) is 0 Å². The first kappa shape index (κ1) is 33.1. The smallest absolute Gasteiger partial charge is 0.408 e. The van der Waals surface area contributed by atoms with Crippen LogP contribution in [0.4, 0.5) is 9.59 Å². The molecule has 234 valence electrons. The van der Waals surface area contributed by atoms with Gasteiger partial charge >= 0.3 is 12.2 Å². The minimum atomic E-state index is -0.687. The second-order valence-corrected chi connectivity index (χ2v) is 12.2. The Labute approximate surface area is 243 Å². The number of carbonyl (C=O) groups is 3. The molecule has 3 amide bonds. The Kier molecular flexibility index (Phi) is 11.8. The summed E-state index contributed by atoms with van der Waals surface area (Å²) < 4.78 is 29.7. The van der Waals surface area contributed by atoms with Gasteiger partial charge in [-0.1, -0.05) is 24.5 Å². The van der Waals surface area contributed by atoms with Crippen LogP contribution in [0.2, 0.25) is 0 Å². The first-order valence-electron chi connectivity index (χ1n) is 14.8. The molecular formula is C29H50N4O8. The SMILES string of the molecule is COC1C(OC(=O)NC2(COC(=O)NCCCNC(=O)CN)CCCC2)CC[C@]2(CO2)C1C(C)(C)OCC=C(C)C. The van der Waals surface area contributed by atoms with Crippen LogP contribution in [0.1, 0.15) is 72.6 Å². The number of allylic oxidation sites excluding steroid dienone is 1. The molecule has 0 aromatic carbocycles. The topological polar surface area (TPSA) is 163 Å². The van der Waals surface area contributed by atoms with Crippen LogP contribution in [0.5, 0.6) is 0 Å². The largest absolute Gasteiger partial charge is 0.447 e. The highest BCUT2D eigenvalue weighted by Crippen LogP contribution is 2.52. The number of carbonyl (C=O) groups excluding carboxylic acids is 3. The zero-order valence-electron chi connectivity index (χ0n) is 25.3. The second-order valence-electron chi connectivity index (χ2n) is 12.2. The Morgan fingerprint density at radius 3 is 2.37 bits per heavy atom. The molecule has 12 heteroatoms. The molecule has 0 aromatic heterocycles. The molecule has 41 heavy (non-hydrogen) atoms. The minimum Gasteiger partial charge on any atom is -0.447 e. The van der Waals surface area contributed by atoms with Gasteiger partial charge in [0, 0.05) is 26.1 Å². The molecule has 3 unspecified atom stereocenters. The first-order valence-corrected chi connectivity index (χ1v) is 14.8. The summed E-state index contributed by atoms with van der Waals surface area (Å²) in [6.45, 7) is 9.98. The van der Waals surface area contributed by atoms with Gasteiger partial charge < -0.3 is 45.4 Å². The highest BCUT2D eigenvalue weighted by atomic mass is 16.6. The normalized spacial score (nSPS) is 26.6. The lowest BCUT2D eigenvalue weighted by atomic mass is 9.68. The highest BCUT2D eigenvalue weighted by molar-refractivity contribution is 5.77. The molecule has 2 saturated carbocycles. The molecule has 2 aliphatic carbocycles. The van der Waals surface area contributed by atoms with E-state index in [9.17, 15) is 14.4 Å². The Morgan fingerprint density at radius 1 is 1.07 bits per heavy atom. The van der Waals surface area contributed by atoms with Gasteiger partial charge in [-0.05, 0) is 59.8 Å². The Bertz CT molecular complexity index is 926. The number of nitrogens with one attached hydrogen (secondary N) is 3. The van der Waals surface area contributed by atoms with Crippen LogP contribution < -0.4 is 21.7 Å². The Morgan fingerprint density at radius 2 is 1.76 bits per heavy atom. The molecule has 0 radical (unpaired) electrons. The fourth-order valence-corrected chi connectivity index (χ4v) is 6.17. The lowest BCUT2D eigenvalue weighted by Crippen LogP contribution is -2.59. The molecule has 1 aliphatic heterocycles. The van der Waals surface area contributed by atoms with Gasteiger partial charge in [-0.2, -0.15) is 0 Å². The fraction of sp³-hybridized carbons (Fsp3) is 0.828. The number of amides is 3. The van der Waals surface area contributed by atoms with Crippen molar-refractivity contribution in [1.29, 1.82) is 0 Å². The van der Waals surface area contributed by atoms with Crippen molar-refractivity contribution in [3.05, 3.63) is 11.6 Å². The third-order valence-corrected chi connectivity index (χ3v) is 8.39. The quantitative estimate of drug-likeness (QED) is 0.137. The van der Waals surface area contributed by atoms with E-state index < -0.39 is 35.5 Å². The number of hydrogen-bond donors (Lipinski definition) is 4. The van der Waals surface area contributed by atoms with Crippen molar-refractivity contribution in [2.45, 2.75) is 102 Å². The Hall–Kier alpha value is -2.41. The molecule has 12 nitrogen and oxygen atoms in total. The maximum Gasteiger partial charge on any atom is 0.408 e. The molecule has 1 saturated heterocycles. The van der Waals surface area contributed by atoms with E-state index in [1.807, 2.05) is 33.8 Å². The lowest BCUT2D eigenvalue weighted by molar-refractivity contribution is -0.172. The molecule has 1 heterocycles. The van der Waals surface area contributed by atoms with Crippen LogP contribution >= 0.6 is 0 Å². The molecular weight excluding hydrogens is 532 g/mol. The number of hydrogen-bond acceptors (Lipinski definition) is 9. The fourth-order valence-electron chi connectivity index (χ4n) is 6.17. The Balaban J connectivity index is 1.54. The molecule has 0 bridgehead atoms. The van der Waals surface area contributed by atoms with Crippen LogP contribution in [0, 0.1) is 5.92 Å². The van der Waals surface area contributed by atoms with Gasteiger partial charge in [0.25, 0.3) is 0 Å². The number of rotatable bonds is 14. The monoisotopic (exact) mass is 582 g/mol. The van der Waals surface area contributed by atoms with Crippen LogP contribution in [-0.2, 0) is 28.5 Å². The average Bonchev–Trinajstić information content (AvgIpc) is 3.53. The van der Waals surface area contributed by atoms with Crippen molar-refractivity contribution in [2.75, 3.05) is 46.6 Å². The van der Waals surface area contributed by atoms with Crippen LogP contribution in [0.25, 0.3) is 0 Å². The summed E-state index contributed by atoms with van der Waals surface area (Å²) in [7, 11) is 1.64. The molecule has 3 rings (SSSR count). The third kappa shape index (κ3) is 9.29. The first-order chi connectivity index (χ1) is 19.5. The summed E-state index contributed by atoms with van der Waals surface area (Å²) in [4.78, 5) is 36.7. The zero-order chi connectivity index (χ0) is 30.1. The van der Waals surface area contributed by atoms with Crippen molar-refractivity contribution >= 4 is 18.1 Å². The summed E-state index contributed by atoms with van der Waals surface area (Å²) in [6.07, 6.45) is 5.13. The number of methoxy groups -OCH3 is 1. The molecule has 4 atom stereocenters. The van der Waals surface area contributed by atoms with Gasteiger partial charge in [0.1, 0.15) is 18.8 Å². The van der Waals surface area contributed by atoms with E-state index in [-0.39, 0.29) is 30.6 Å². The van der Waals surface area contributed by atoms with Crippen LogP contribution in [0.3, 0.4) is 0 Å². The number of epoxide rings is 1. The van der Waals surface area contributed by atoms with E-state index in [2.05, 4.69) is 16.0 Å². The maximum atomic E-state index is 13.2. The maximum absolute atomic E-state index is 13.2. The van der Waals surface area contributed by atoms with Gasteiger partial charge in [-0.25, -0.2) is 9.59 Å². The molecule has 1 spiro atoms. The van der Waals surface area contributed by atoms with Gasteiger partial charge in [0.05, 0.1) is 36.5 Å². The van der Waals surface area contributed by atoms with E-state index in [0.717, 1.165) is 19.3 Å². The third-order valence-electron chi connectivity index (χ3n) is 8.39. The molecule has 3 fully saturated rings. The van der Waals surface area contributed by atoms with Gasteiger partial charge in [-0.3, -0.25) is 4.79 Å². The standard InChI is InChI=1S/C29H50N4O8/c1-20(2)10-16-39-27(3,4)24-23(37-5)21(9-13-29(24)19-40-29)41-26(36)33-28(11-6-7-12-28)18-38-25(35)32-15-8-14-31-22(34)17-30/h10,21,23-24H,6-9,11-19,30H2,1-5H3,(H,31,34)(H,32,35)(H,33,36)/t21?,23?,24?,29-/m0/s1. The highest BCUT2D eigenvalue weighted by Gasteiger charge is 2.64. The van der Waals surface area contributed by atoms with Crippen molar-refractivity contribution in [2.24, 2.45) is 11.7 Å². The van der Waals surface area contributed by atoms with Crippen molar-refractivity contribution < 1.29 is 38.1 Å². The minimum absolute atomic E-state index is 0.0427. The molecule has 3 aliphatic rings. The van der Waals surface area contributed by atoms with Crippen LogP contribution in [-0.4, -0.2) is 93.6 Å². The average molecular weight is 583 g/mol. The van der Waals surface area contributed by atoms with E-state index in [4.69, 9.17) is 29.4 Å². The number of ether oxygens (including phenoxy) is 5. The number of alkyl carbamates (subject to hydrolysis) is 2. The summed E-state index contributed by atoms with van der Waals surface area (Å²) in [5, 5.41) is 8.33. The van der Waals surface area contributed by atoms with Crippen molar-refractivity contribution in [3.8, 4) is 0 Å². The zero-order valence-corrected chi connectivity index (χ0v) is 25.3. The van der Waals surface area contributed by atoms with Crippen molar-refractivity contribution in [1.82, 2.24) is 16.0 Å². The summed E-state index contributed by atoms with van der Waals surface area (Å²) in [5.41, 5.74) is 4.83. The second kappa shape index (κ2) is 14.7. The van der Waals surface area contributed by atoms with Gasteiger partial charge in [0.2, 0.25) is 5.91 Å². The molecule has 0 aromatic rings. The predicted octanol–water partition coefficient (Wildman–Crippen LogP) is 2.54. The lowest BCUT2D eigenvalue weighted by Gasteiger charge is -2.47. The summed E-state index contributed by atoms with van der Waals surface area (Å²) in [6, 6.07) is 0. The number of nitrogens with two attached hydrogens (primary N) is 1. The van der Waals surface area contributed by atoms with E-state index in [1.54, 1.807) is 7.11 Å². The summed E-state index contributed by atoms with van der Waals surface area (Å²) >= 11 is 0. The molecule has 5 N–H and O–H groups in total. The predicted molar refractivity (Wildman–Crippen MR) is 152 cm³/mol.